The molecule has 1 aliphatic rings. The molecule has 1 fully saturated rings. The van der Waals surface area contributed by atoms with E-state index in [-0.39, 0.29) is 11.8 Å². The summed E-state index contributed by atoms with van der Waals surface area (Å²) in [5.74, 6) is 0.378. The maximum atomic E-state index is 12.6. The highest BCUT2D eigenvalue weighted by molar-refractivity contribution is 7.80. The maximum absolute atomic E-state index is 12.6. The van der Waals surface area contributed by atoms with Gasteiger partial charge in [0.2, 0.25) is 0 Å². The normalized spacial score (nSPS) is 16.1. The minimum Gasteiger partial charge on any atom is -0.393 e. The Kier molecular flexibility index (Phi) is 3.88. The van der Waals surface area contributed by atoms with E-state index < -0.39 is 0 Å². The lowest BCUT2D eigenvalue weighted by atomic mass is 9.96. The van der Waals surface area contributed by atoms with Crippen molar-refractivity contribution >= 4 is 33.9 Å². The molecule has 0 aliphatic carbocycles. The van der Waals surface area contributed by atoms with Crippen LogP contribution in [0.5, 0.6) is 0 Å². The van der Waals surface area contributed by atoms with Gasteiger partial charge in [-0.25, -0.2) is 0 Å². The van der Waals surface area contributed by atoms with Crippen LogP contribution in [0.1, 0.15) is 23.2 Å². The first-order valence-electron chi connectivity index (χ1n) is 7.22. The lowest BCUT2D eigenvalue weighted by Gasteiger charge is -2.31. The van der Waals surface area contributed by atoms with Gasteiger partial charge >= 0.3 is 0 Å². The Bertz CT molecular complexity index is 690. The highest BCUT2D eigenvalue weighted by Crippen LogP contribution is 2.21. The van der Waals surface area contributed by atoms with Gasteiger partial charge in [0.15, 0.2) is 0 Å². The smallest absolute Gasteiger partial charge is 0.253 e. The SMILES string of the molecule is NC(=S)C1CCN(C(=O)c2ccc3ccccc3c2)CC1. The van der Waals surface area contributed by atoms with Crippen LogP contribution in [0, 0.1) is 5.92 Å². The van der Waals surface area contributed by atoms with Crippen LogP contribution in [-0.4, -0.2) is 28.9 Å². The lowest BCUT2D eigenvalue weighted by Crippen LogP contribution is -2.41. The highest BCUT2D eigenvalue weighted by atomic mass is 32.1. The van der Waals surface area contributed by atoms with Crippen molar-refractivity contribution in [3.63, 3.8) is 0 Å². The Morgan fingerprint density at radius 2 is 1.76 bits per heavy atom. The van der Waals surface area contributed by atoms with E-state index in [1.807, 2.05) is 41.3 Å². The number of amides is 1. The molecule has 0 saturated carbocycles. The van der Waals surface area contributed by atoms with Gasteiger partial charge in [-0.1, -0.05) is 42.5 Å². The van der Waals surface area contributed by atoms with Gasteiger partial charge in [0.05, 0.1) is 4.99 Å². The first-order valence-corrected chi connectivity index (χ1v) is 7.63. The molecule has 108 valence electrons. The van der Waals surface area contributed by atoms with Crippen LogP contribution in [0.25, 0.3) is 10.8 Å². The number of carbonyl (C=O) groups is 1. The molecule has 3 nitrogen and oxygen atoms in total. The number of fused-ring (bicyclic) bond motifs is 1. The van der Waals surface area contributed by atoms with E-state index in [4.69, 9.17) is 18.0 Å². The third-order valence-electron chi connectivity index (χ3n) is 4.18. The molecule has 0 unspecified atom stereocenters. The molecular formula is C17H18N2OS. The van der Waals surface area contributed by atoms with Gasteiger partial charge in [-0.3, -0.25) is 4.79 Å². The average Bonchev–Trinajstić information content (AvgIpc) is 2.54. The first-order chi connectivity index (χ1) is 10.1. The molecule has 0 radical (unpaired) electrons. The summed E-state index contributed by atoms with van der Waals surface area (Å²) in [6, 6.07) is 14.0. The average molecular weight is 298 g/mol. The Hall–Kier alpha value is -1.94. The summed E-state index contributed by atoms with van der Waals surface area (Å²) >= 11 is 5.04. The van der Waals surface area contributed by atoms with Gasteiger partial charge in [0, 0.05) is 24.6 Å². The molecule has 4 heteroatoms. The van der Waals surface area contributed by atoms with E-state index in [1.165, 1.54) is 0 Å². The van der Waals surface area contributed by atoms with Crippen LogP contribution in [-0.2, 0) is 0 Å². The van der Waals surface area contributed by atoms with Crippen LogP contribution < -0.4 is 5.73 Å². The summed E-state index contributed by atoms with van der Waals surface area (Å²) in [7, 11) is 0. The molecule has 1 heterocycles. The van der Waals surface area contributed by atoms with Crippen LogP contribution in [0.4, 0.5) is 0 Å². The zero-order chi connectivity index (χ0) is 14.8. The molecule has 0 spiro atoms. The van der Waals surface area contributed by atoms with E-state index >= 15 is 0 Å². The number of hydrogen-bond donors (Lipinski definition) is 1. The summed E-state index contributed by atoms with van der Waals surface area (Å²) in [5, 5.41) is 2.25. The summed E-state index contributed by atoms with van der Waals surface area (Å²) in [4.78, 5) is 15.1. The van der Waals surface area contributed by atoms with Gasteiger partial charge in [-0.2, -0.15) is 0 Å². The molecule has 1 amide bonds. The van der Waals surface area contributed by atoms with Gasteiger partial charge < -0.3 is 10.6 Å². The predicted molar refractivity (Wildman–Crippen MR) is 89.4 cm³/mol. The summed E-state index contributed by atoms with van der Waals surface area (Å²) in [6.07, 6.45) is 1.74. The van der Waals surface area contributed by atoms with Crippen LogP contribution in [0.3, 0.4) is 0 Å². The highest BCUT2D eigenvalue weighted by Gasteiger charge is 2.24. The standard InChI is InChI=1S/C17H18N2OS/c18-16(21)13-7-9-19(10-8-13)17(20)15-6-5-12-3-1-2-4-14(12)11-15/h1-6,11,13H,7-10H2,(H2,18,21). The second kappa shape index (κ2) is 5.82. The number of nitrogens with zero attached hydrogens (tertiary/aromatic N) is 1. The van der Waals surface area contributed by atoms with Crippen molar-refractivity contribution in [1.29, 1.82) is 0 Å². The fourth-order valence-electron chi connectivity index (χ4n) is 2.87. The number of benzene rings is 2. The zero-order valence-electron chi connectivity index (χ0n) is 11.8. The van der Waals surface area contributed by atoms with Gasteiger partial charge in [0.1, 0.15) is 0 Å². The largest absolute Gasteiger partial charge is 0.393 e. The van der Waals surface area contributed by atoms with Crippen molar-refractivity contribution in [2.24, 2.45) is 11.7 Å². The monoisotopic (exact) mass is 298 g/mol. The number of nitrogens with two attached hydrogens (primary N) is 1. The van der Waals surface area contributed by atoms with E-state index in [0.29, 0.717) is 4.99 Å². The lowest BCUT2D eigenvalue weighted by molar-refractivity contribution is 0.0710. The number of likely N-dealkylation sites (tertiary alicyclic amines) is 1. The van der Waals surface area contributed by atoms with Crippen molar-refractivity contribution in [2.45, 2.75) is 12.8 Å². The fourth-order valence-corrected chi connectivity index (χ4v) is 3.11. The number of carbonyl (C=O) groups excluding carboxylic acids is 1. The number of rotatable bonds is 2. The number of hydrogen-bond acceptors (Lipinski definition) is 2. The summed E-state index contributed by atoms with van der Waals surface area (Å²) < 4.78 is 0. The minimum atomic E-state index is 0.0992. The molecule has 0 bridgehead atoms. The summed E-state index contributed by atoms with van der Waals surface area (Å²) in [5.41, 5.74) is 6.44. The molecule has 3 rings (SSSR count). The Balaban J connectivity index is 1.76. The molecule has 1 aliphatic heterocycles. The predicted octanol–water partition coefficient (Wildman–Crippen LogP) is 2.98. The molecule has 0 atom stereocenters. The molecule has 21 heavy (non-hydrogen) atoms. The summed E-state index contributed by atoms with van der Waals surface area (Å²) in [6.45, 7) is 1.46. The van der Waals surface area contributed by atoms with Crippen molar-refractivity contribution in [2.75, 3.05) is 13.1 Å². The third kappa shape index (κ3) is 2.90. The Morgan fingerprint density at radius 3 is 2.43 bits per heavy atom. The first kappa shape index (κ1) is 14.0. The van der Waals surface area contributed by atoms with Crippen LogP contribution in [0.2, 0.25) is 0 Å². The fraction of sp³-hybridized carbons (Fsp3) is 0.294. The minimum absolute atomic E-state index is 0.0992. The van der Waals surface area contributed by atoms with Gasteiger partial charge in [-0.05, 0) is 35.7 Å². The molecule has 0 aromatic heterocycles. The van der Waals surface area contributed by atoms with Crippen LogP contribution in [0.15, 0.2) is 42.5 Å². The third-order valence-corrected chi connectivity index (χ3v) is 4.51. The van der Waals surface area contributed by atoms with Crippen molar-refractivity contribution in [3.05, 3.63) is 48.0 Å². The Labute approximate surface area is 129 Å². The maximum Gasteiger partial charge on any atom is 0.253 e. The van der Waals surface area contributed by atoms with Gasteiger partial charge in [-0.15, -0.1) is 0 Å². The molecule has 2 N–H and O–H groups in total. The van der Waals surface area contributed by atoms with E-state index in [0.717, 1.165) is 42.3 Å². The van der Waals surface area contributed by atoms with Crippen LogP contribution >= 0.6 is 12.2 Å². The van der Waals surface area contributed by atoms with E-state index in [9.17, 15) is 4.79 Å². The molecule has 2 aromatic carbocycles. The Morgan fingerprint density at radius 1 is 1.10 bits per heavy atom. The second-order valence-electron chi connectivity index (χ2n) is 5.53. The van der Waals surface area contributed by atoms with Crippen molar-refractivity contribution in [1.82, 2.24) is 4.90 Å². The topological polar surface area (TPSA) is 46.3 Å². The molecule has 1 saturated heterocycles. The second-order valence-corrected chi connectivity index (χ2v) is 6.00. The molecule has 2 aromatic rings. The van der Waals surface area contributed by atoms with E-state index in [1.54, 1.807) is 0 Å². The van der Waals surface area contributed by atoms with Crippen molar-refractivity contribution in [3.8, 4) is 0 Å². The van der Waals surface area contributed by atoms with E-state index in [2.05, 4.69) is 6.07 Å². The van der Waals surface area contributed by atoms with Gasteiger partial charge in [0.25, 0.3) is 5.91 Å². The molecular weight excluding hydrogens is 280 g/mol. The number of piperidine rings is 1. The quantitative estimate of drug-likeness (QED) is 0.867. The zero-order valence-corrected chi connectivity index (χ0v) is 12.6. The van der Waals surface area contributed by atoms with Crippen molar-refractivity contribution < 1.29 is 4.79 Å². The number of thiocarbonyl (C=S) groups is 1.